The zero-order chi connectivity index (χ0) is 10.8. The zero-order valence-corrected chi connectivity index (χ0v) is 9.04. The number of hydrogen-bond donors (Lipinski definition) is 2. The summed E-state index contributed by atoms with van der Waals surface area (Å²) in [6.45, 7) is 2.35. The Morgan fingerprint density at radius 3 is 2.36 bits per heavy atom. The van der Waals surface area contributed by atoms with Crippen molar-refractivity contribution in [2.45, 2.75) is 51.9 Å². The fraction of sp³-hybridized carbons (Fsp3) is 0.909. The van der Waals surface area contributed by atoms with Crippen LogP contribution in [-0.4, -0.2) is 22.8 Å². The highest BCUT2D eigenvalue weighted by Gasteiger charge is 2.07. The lowest BCUT2D eigenvalue weighted by molar-refractivity contribution is -0.137. The predicted molar refractivity (Wildman–Crippen MR) is 56.2 cm³/mol. The Balaban J connectivity index is 3.42. The summed E-state index contributed by atoms with van der Waals surface area (Å²) >= 11 is 0. The van der Waals surface area contributed by atoms with E-state index in [4.69, 9.17) is 10.2 Å². The minimum atomic E-state index is -0.741. The maximum absolute atomic E-state index is 10.3. The van der Waals surface area contributed by atoms with E-state index < -0.39 is 5.97 Å². The lowest BCUT2D eigenvalue weighted by Crippen LogP contribution is -2.07. The van der Waals surface area contributed by atoms with Gasteiger partial charge in [-0.25, -0.2) is 0 Å². The second kappa shape index (κ2) is 9.00. The van der Waals surface area contributed by atoms with Gasteiger partial charge in [0.05, 0.1) is 0 Å². The van der Waals surface area contributed by atoms with Crippen LogP contribution in [0.2, 0.25) is 0 Å². The van der Waals surface area contributed by atoms with Gasteiger partial charge in [-0.2, -0.15) is 0 Å². The summed E-state index contributed by atoms with van der Waals surface area (Å²) in [6.07, 6.45) is 6.32. The average Bonchev–Trinajstić information content (AvgIpc) is 2.15. The van der Waals surface area contributed by atoms with Crippen LogP contribution < -0.4 is 0 Å². The van der Waals surface area contributed by atoms with Crippen molar-refractivity contribution >= 4 is 5.97 Å². The fourth-order valence-electron chi connectivity index (χ4n) is 1.55. The maximum atomic E-state index is 10.3. The van der Waals surface area contributed by atoms with Gasteiger partial charge in [-0.3, -0.25) is 4.79 Å². The molecule has 0 aromatic carbocycles. The topological polar surface area (TPSA) is 57.5 Å². The molecule has 0 rings (SSSR count). The third-order valence-electron chi connectivity index (χ3n) is 2.48. The van der Waals surface area contributed by atoms with E-state index in [1.807, 2.05) is 0 Å². The van der Waals surface area contributed by atoms with Crippen molar-refractivity contribution in [3.05, 3.63) is 0 Å². The molecular weight excluding hydrogens is 180 g/mol. The number of carboxylic acid groups (broad SMARTS) is 1. The van der Waals surface area contributed by atoms with Crippen LogP contribution in [0.25, 0.3) is 0 Å². The highest BCUT2D eigenvalue weighted by atomic mass is 16.4. The molecule has 0 aromatic rings. The Hall–Kier alpha value is -0.570. The number of carbonyl (C=O) groups is 1. The monoisotopic (exact) mass is 202 g/mol. The van der Waals surface area contributed by atoms with Gasteiger partial charge in [0.2, 0.25) is 0 Å². The van der Waals surface area contributed by atoms with Gasteiger partial charge in [0.25, 0.3) is 0 Å². The van der Waals surface area contributed by atoms with E-state index in [2.05, 4.69) is 6.92 Å². The molecule has 3 heteroatoms. The standard InChI is InChI=1S/C11H22O3/c1-2-3-4-6-10(9-12)7-5-8-11(13)14/h10,12H,2-9H2,1H3,(H,13,14). The van der Waals surface area contributed by atoms with Gasteiger partial charge < -0.3 is 10.2 Å². The Bertz CT molecular complexity index is 145. The lowest BCUT2D eigenvalue weighted by Gasteiger charge is -2.12. The molecule has 2 N–H and O–H groups in total. The van der Waals surface area contributed by atoms with Crippen LogP contribution in [0.3, 0.4) is 0 Å². The molecule has 0 amide bonds. The van der Waals surface area contributed by atoms with Gasteiger partial charge in [-0.15, -0.1) is 0 Å². The Morgan fingerprint density at radius 1 is 1.21 bits per heavy atom. The molecule has 0 aliphatic carbocycles. The second-order valence-electron chi connectivity index (χ2n) is 3.83. The molecule has 1 atom stereocenters. The Kier molecular flexibility index (Phi) is 8.64. The number of rotatable bonds is 9. The Labute approximate surface area is 86.1 Å². The van der Waals surface area contributed by atoms with Crippen LogP contribution in [0, 0.1) is 5.92 Å². The smallest absolute Gasteiger partial charge is 0.303 e. The minimum Gasteiger partial charge on any atom is -0.481 e. The number of hydrogen-bond acceptors (Lipinski definition) is 2. The second-order valence-corrected chi connectivity index (χ2v) is 3.83. The van der Waals surface area contributed by atoms with E-state index in [0.717, 1.165) is 19.3 Å². The van der Waals surface area contributed by atoms with E-state index in [1.54, 1.807) is 0 Å². The summed E-state index contributed by atoms with van der Waals surface area (Å²) < 4.78 is 0. The van der Waals surface area contributed by atoms with E-state index >= 15 is 0 Å². The van der Waals surface area contributed by atoms with Crippen molar-refractivity contribution in [2.24, 2.45) is 5.92 Å². The van der Waals surface area contributed by atoms with Gasteiger partial charge in [0.1, 0.15) is 0 Å². The molecule has 0 aliphatic heterocycles. The van der Waals surface area contributed by atoms with Crippen molar-refractivity contribution < 1.29 is 15.0 Å². The molecular formula is C11H22O3. The van der Waals surface area contributed by atoms with Gasteiger partial charge >= 0.3 is 5.97 Å². The van der Waals surface area contributed by atoms with Gasteiger partial charge in [0.15, 0.2) is 0 Å². The predicted octanol–water partition coefficient (Wildman–Crippen LogP) is 2.43. The molecule has 3 nitrogen and oxygen atoms in total. The summed E-state index contributed by atoms with van der Waals surface area (Å²) in [6, 6.07) is 0. The molecule has 0 saturated carbocycles. The van der Waals surface area contributed by atoms with E-state index in [0.29, 0.717) is 12.3 Å². The average molecular weight is 202 g/mol. The van der Waals surface area contributed by atoms with Crippen molar-refractivity contribution in [3.8, 4) is 0 Å². The molecule has 1 unspecified atom stereocenters. The van der Waals surface area contributed by atoms with Crippen LogP contribution in [0.1, 0.15) is 51.9 Å². The SMILES string of the molecule is CCCCCC(CO)CCCC(=O)O. The quantitative estimate of drug-likeness (QED) is 0.564. The highest BCUT2D eigenvalue weighted by molar-refractivity contribution is 5.66. The molecule has 0 heterocycles. The third-order valence-corrected chi connectivity index (χ3v) is 2.48. The van der Waals surface area contributed by atoms with Crippen molar-refractivity contribution in [1.29, 1.82) is 0 Å². The lowest BCUT2D eigenvalue weighted by atomic mass is 9.96. The summed E-state index contributed by atoms with van der Waals surface area (Å²) in [5.74, 6) is -0.434. The van der Waals surface area contributed by atoms with Gasteiger partial charge in [-0.1, -0.05) is 26.2 Å². The number of aliphatic hydroxyl groups excluding tert-OH is 1. The first-order valence-corrected chi connectivity index (χ1v) is 5.53. The number of carboxylic acids is 1. The molecule has 0 radical (unpaired) electrons. The molecule has 0 aliphatic rings. The summed E-state index contributed by atoms with van der Waals surface area (Å²) in [4.78, 5) is 10.3. The fourth-order valence-corrected chi connectivity index (χ4v) is 1.55. The minimum absolute atomic E-state index is 0.198. The van der Waals surface area contributed by atoms with E-state index in [-0.39, 0.29) is 13.0 Å². The van der Waals surface area contributed by atoms with Gasteiger partial charge in [-0.05, 0) is 25.2 Å². The summed E-state index contributed by atoms with van der Waals surface area (Å²) in [5.41, 5.74) is 0. The van der Waals surface area contributed by atoms with Crippen LogP contribution in [0.15, 0.2) is 0 Å². The molecule has 0 spiro atoms. The highest BCUT2D eigenvalue weighted by Crippen LogP contribution is 2.16. The van der Waals surface area contributed by atoms with Crippen molar-refractivity contribution in [1.82, 2.24) is 0 Å². The van der Waals surface area contributed by atoms with E-state index in [1.165, 1.54) is 12.8 Å². The van der Waals surface area contributed by atoms with Crippen LogP contribution >= 0.6 is 0 Å². The van der Waals surface area contributed by atoms with Crippen molar-refractivity contribution in [3.63, 3.8) is 0 Å². The zero-order valence-electron chi connectivity index (χ0n) is 9.04. The van der Waals surface area contributed by atoms with Crippen LogP contribution in [-0.2, 0) is 4.79 Å². The maximum Gasteiger partial charge on any atom is 0.303 e. The summed E-state index contributed by atoms with van der Waals surface area (Å²) in [7, 11) is 0. The molecule has 0 fully saturated rings. The molecule has 84 valence electrons. The van der Waals surface area contributed by atoms with Gasteiger partial charge in [0, 0.05) is 13.0 Å². The number of unbranched alkanes of at least 4 members (excludes halogenated alkanes) is 2. The largest absolute Gasteiger partial charge is 0.481 e. The van der Waals surface area contributed by atoms with Crippen LogP contribution in [0.4, 0.5) is 0 Å². The molecule has 0 bridgehead atoms. The van der Waals surface area contributed by atoms with E-state index in [9.17, 15) is 4.79 Å². The number of aliphatic hydroxyl groups is 1. The summed E-state index contributed by atoms with van der Waals surface area (Å²) in [5, 5.41) is 17.5. The molecule has 0 aromatic heterocycles. The first kappa shape index (κ1) is 13.4. The first-order chi connectivity index (χ1) is 6.70. The molecule has 14 heavy (non-hydrogen) atoms. The van der Waals surface area contributed by atoms with Crippen LogP contribution in [0.5, 0.6) is 0 Å². The number of aliphatic carboxylic acids is 1. The first-order valence-electron chi connectivity index (χ1n) is 5.53. The third kappa shape index (κ3) is 8.05. The Morgan fingerprint density at radius 2 is 1.86 bits per heavy atom. The molecule has 0 saturated heterocycles. The normalized spacial score (nSPS) is 12.7. The van der Waals surface area contributed by atoms with Crippen molar-refractivity contribution in [2.75, 3.05) is 6.61 Å².